The molecule has 0 bridgehead atoms. The van der Waals surface area contributed by atoms with Gasteiger partial charge in [-0.2, -0.15) is 15.2 Å². The third kappa shape index (κ3) is 5.78. The summed E-state index contributed by atoms with van der Waals surface area (Å²) < 4.78 is 36.8. The zero-order chi connectivity index (χ0) is 30.1. The van der Waals surface area contributed by atoms with E-state index in [9.17, 15) is 14.4 Å². The Bertz CT molecular complexity index is 1610. The molecule has 2 atom stereocenters. The van der Waals surface area contributed by atoms with Crippen molar-refractivity contribution >= 4 is 34.4 Å². The first-order chi connectivity index (χ1) is 20.9. The second-order valence-electron chi connectivity index (χ2n) is 11.3. The molecule has 0 aliphatic carbocycles. The summed E-state index contributed by atoms with van der Waals surface area (Å²) in [5, 5.41) is 9.99. The van der Waals surface area contributed by atoms with Gasteiger partial charge in [0.1, 0.15) is 24.1 Å². The Balaban J connectivity index is 1.43. The van der Waals surface area contributed by atoms with Crippen LogP contribution in [-0.4, -0.2) is 83.3 Å². The number of hydrogen-bond acceptors (Lipinski definition) is 8. The fourth-order valence-electron chi connectivity index (χ4n) is 6.40. The molecule has 3 aliphatic heterocycles. The van der Waals surface area contributed by atoms with Gasteiger partial charge < -0.3 is 19.4 Å². The van der Waals surface area contributed by atoms with E-state index in [1.807, 2.05) is 4.90 Å². The predicted molar refractivity (Wildman–Crippen MR) is 163 cm³/mol. The minimum absolute atomic E-state index is 0.142. The number of thioether (sulfide) groups is 1. The second-order valence-corrected chi connectivity index (χ2v) is 12.4. The number of carbonyl (C=O) groups is 1. The van der Waals surface area contributed by atoms with Crippen LogP contribution in [0.3, 0.4) is 0 Å². The zero-order valence-corrected chi connectivity index (χ0v) is 25.0. The average Bonchev–Trinajstić information content (AvgIpc) is 3.44. The molecule has 0 N–H and O–H groups in total. The molecule has 2 aromatic carbocycles. The highest BCUT2D eigenvalue weighted by atomic mass is 32.2. The summed E-state index contributed by atoms with van der Waals surface area (Å²) in [5.41, 5.74) is 2.37. The lowest BCUT2D eigenvalue weighted by molar-refractivity contribution is -0.128. The first-order valence-corrected chi connectivity index (χ1v) is 15.7. The number of ether oxygens (including phenoxy) is 1. The lowest BCUT2D eigenvalue weighted by atomic mass is 9.95. The third-order valence-corrected chi connectivity index (χ3v) is 9.93. The first-order valence-electron chi connectivity index (χ1n) is 14.7. The molecule has 1 aromatic heterocycles. The zero-order valence-electron chi connectivity index (χ0n) is 24.2. The number of aromatic nitrogens is 2. The maximum atomic E-state index is 16.0. The first kappa shape index (κ1) is 29.3. The van der Waals surface area contributed by atoms with E-state index in [0.717, 1.165) is 37.1 Å². The molecule has 11 heteroatoms. The number of carbonyl (C=O) groups excluding carboxylic acids is 1. The van der Waals surface area contributed by atoms with Crippen LogP contribution in [0.2, 0.25) is 0 Å². The number of nitrogens with zero attached hydrogens (tertiary/aromatic N) is 6. The number of piperazine rings is 1. The molecule has 8 nitrogen and oxygen atoms in total. The summed E-state index contributed by atoms with van der Waals surface area (Å²) in [6, 6.07) is 8.47. The summed E-state index contributed by atoms with van der Waals surface area (Å²) in [5.74, 6) is 0.378. The number of likely N-dealkylation sites (tertiary alicyclic amines) is 1. The van der Waals surface area contributed by atoms with Crippen molar-refractivity contribution in [2.24, 2.45) is 0 Å². The molecular formula is C32H34F2N6O2S. The lowest BCUT2D eigenvalue weighted by Crippen LogP contribution is -2.55. The van der Waals surface area contributed by atoms with Crippen LogP contribution in [0.4, 0.5) is 14.6 Å². The number of fused-ring (bicyclic) bond motifs is 2. The Labute approximate surface area is 254 Å². The number of halogens is 2. The van der Waals surface area contributed by atoms with Gasteiger partial charge in [-0.1, -0.05) is 12.6 Å². The molecule has 0 radical (unpaired) electrons. The van der Waals surface area contributed by atoms with Gasteiger partial charge in [-0.05, 0) is 80.4 Å². The fourth-order valence-corrected chi connectivity index (χ4v) is 7.48. The SMILES string of the molecule is C=CC(=O)N1CCN(c2nc(OC[C@@H]3CCCN3C)nc3cc(-c4ccc(F)c5c4CCCS5)c(F)cc23)C[C@@H]1CC#N. The molecule has 2 fully saturated rings. The molecule has 0 spiro atoms. The third-order valence-electron chi connectivity index (χ3n) is 8.71. The number of benzene rings is 2. The maximum absolute atomic E-state index is 16.0. The molecule has 0 saturated carbocycles. The van der Waals surface area contributed by atoms with Crippen molar-refractivity contribution in [3.05, 3.63) is 54.1 Å². The lowest BCUT2D eigenvalue weighted by Gasteiger charge is -2.41. The largest absolute Gasteiger partial charge is 0.462 e. The van der Waals surface area contributed by atoms with Crippen molar-refractivity contribution < 1.29 is 18.3 Å². The number of nitriles is 1. The van der Waals surface area contributed by atoms with Crippen LogP contribution in [0.1, 0.15) is 31.2 Å². The standard InChI is InChI=1S/C32H34F2N6O2S/c1-3-29(41)40-14-13-39(18-20(40)10-11-35)31-25-16-27(34)24(22-8-9-26(33)30-23(22)7-5-15-43-30)17-28(25)36-32(37-31)42-19-21-6-4-12-38(21)2/h3,8-9,16-17,20-21H,1,4-7,10,12-15,18-19H2,2H3/t20-,21-/m0/s1. The number of hydrogen-bond donors (Lipinski definition) is 0. The van der Waals surface area contributed by atoms with E-state index >= 15 is 4.39 Å². The number of anilines is 1. The van der Waals surface area contributed by atoms with Crippen molar-refractivity contribution in [1.29, 1.82) is 5.26 Å². The molecule has 43 heavy (non-hydrogen) atoms. The van der Waals surface area contributed by atoms with Gasteiger partial charge in [-0.3, -0.25) is 4.79 Å². The average molecular weight is 605 g/mol. The molecule has 2 saturated heterocycles. The number of rotatable bonds is 7. The van der Waals surface area contributed by atoms with Crippen LogP contribution in [-0.2, 0) is 11.2 Å². The van der Waals surface area contributed by atoms with E-state index < -0.39 is 5.82 Å². The second kappa shape index (κ2) is 12.5. The van der Waals surface area contributed by atoms with E-state index in [1.165, 1.54) is 30.0 Å². The molecule has 3 aliphatic rings. The van der Waals surface area contributed by atoms with Crippen LogP contribution < -0.4 is 9.64 Å². The van der Waals surface area contributed by atoms with Crippen molar-refractivity contribution in [2.45, 2.75) is 49.1 Å². The van der Waals surface area contributed by atoms with Crippen LogP contribution in [0.15, 0.2) is 41.8 Å². The molecule has 6 rings (SSSR count). The monoisotopic (exact) mass is 604 g/mol. The highest BCUT2D eigenvalue weighted by molar-refractivity contribution is 7.99. The summed E-state index contributed by atoms with van der Waals surface area (Å²) in [6.07, 6.45) is 5.10. The van der Waals surface area contributed by atoms with E-state index in [2.05, 4.69) is 24.6 Å². The maximum Gasteiger partial charge on any atom is 0.319 e. The minimum atomic E-state index is -0.447. The van der Waals surface area contributed by atoms with Gasteiger partial charge in [0, 0.05) is 41.5 Å². The molecule has 4 heterocycles. The van der Waals surface area contributed by atoms with Gasteiger partial charge in [-0.25, -0.2) is 8.78 Å². The topological polar surface area (TPSA) is 85.6 Å². The molecule has 3 aromatic rings. The van der Waals surface area contributed by atoms with Crippen LogP contribution in [0.5, 0.6) is 6.01 Å². The summed E-state index contributed by atoms with van der Waals surface area (Å²) in [7, 11) is 2.07. The summed E-state index contributed by atoms with van der Waals surface area (Å²) >= 11 is 1.47. The Morgan fingerprint density at radius 2 is 2.02 bits per heavy atom. The molecule has 1 amide bonds. The van der Waals surface area contributed by atoms with Crippen molar-refractivity contribution in [2.75, 3.05) is 50.5 Å². The Morgan fingerprint density at radius 1 is 1.16 bits per heavy atom. The quantitative estimate of drug-likeness (QED) is 0.340. The minimum Gasteiger partial charge on any atom is -0.462 e. The van der Waals surface area contributed by atoms with Crippen LogP contribution >= 0.6 is 11.8 Å². The predicted octanol–water partition coefficient (Wildman–Crippen LogP) is 5.20. The van der Waals surface area contributed by atoms with Crippen molar-refractivity contribution in [3.63, 3.8) is 0 Å². The van der Waals surface area contributed by atoms with Gasteiger partial charge in [0.2, 0.25) is 5.91 Å². The summed E-state index contributed by atoms with van der Waals surface area (Å²) in [4.78, 5) is 28.5. The smallest absolute Gasteiger partial charge is 0.319 e. The van der Waals surface area contributed by atoms with E-state index in [0.29, 0.717) is 65.4 Å². The number of amides is 1. The Kier molecular flexibility index (Phi) is 8.50. The highest BCUT2D eigenvalue weighted by Crippen LogP contribution is 2.41. The van der Waals surface area contributed by atoms with Gasteiger partial charge in [0.15, 0.2) is 0 Å². The Morgan fingerprint density at radius 3 is 2.79 bits per heavy atom. The normalized spacial score (nSPS) is 20.6. The van der Waals surface area contributed by atoms with Crippen molar-refractivity contribution in [1.82, 2.24) is 19.8 Å². The van der Waals surface area contributed by atoms with E-state index in [1.54, 1.807) is 17.0 Å². The molecule has 224 valence electrons. The Hall–Kier alpha value is -3.75. The molecule has 0 unspecified atom stereocenters. The van der Waals surface area contributed by atoms with E-state index in [4.69, 9.17) is 14.7 Å². The van der Waals surface area contributed by atoms with Crippen molar-refractivity contribution in [3.8, 4) is 23.2 Å². The summed E-state index contributed by atoms with van der Waals surface area (Å²) in [6.45, 7) is 6.18. The van der Waals surface area contributed by atoms with Gasteiger partial charge >= 0.3 is 6.01 Å². The van der Waals surface area contributed by atoms with Gasteiger partial charge in [0.25, 0.3) is 0 Å². The van der Waals surface area contributed by atoms with Gasteiger partial charge in [0.05, 0.1) is 24.0 Å². The van der Waals surface area contributed by atoms with Gasteiger partial charge in [-0.15, -0.1) is 11.8 Å². The fraction of sp³-hybridized carbons (Fsp3) is 0.438. The van der Waals surface area contributed by atoms with Crippen LogP contribution in [0.25, 0.3) is 22.0 Å². The van der Waals surface area contributed by atoms with Crippen LogP contribution in [0, 0.1) is 23.0 Å². The number of likely N-dealkylation sites (N-methyl/N-ethyl adjacent to an activating group) is 1. The highest BCUT2D eigenvalue weighted by Gasteiger charge is 2.32. The van der Waals surface area contributed by atoms with E-state index in [-0.39, 0.29) is 36.2 Å². The molecular weight excluding hydrogens is 570 g/mol.